The average Bonchev–Trinajstić information content (AvgIpc) is 3.07. The molecule has 0 aliphatic rings. The molecule has 0 unspecified atom stereocenters. The molecule has 0 fully saturated rings. The zero-order valence-electron chi connectivity index (χ0n) is 10.9. The van der Waals surface area contributed by atoms with Gasteiger partial charge in [0.15, 0.2) is 0 Å². The van der Waals surface area contributed by atoms with E-state index in [4.69, 9.17) is 0 Å². The van der Waals surface area contributed by atoms with Gasteiger partial charge in [-0.25, -0.2) is 9.50 Å². The van der Waals surface area contributed by atoms with Crippen molar-refractivity contribution in [2.75, 3.05) is 5.32 Å². The van der Waals surface area contributed by atoms with Crippen molar-refractivity contribution in [1.82, 2.24) is 19.6 Å². The van der Waals surface area contributed by atoms with Crippen molar-refractivity contribution in [2.45, 2.75) is 13.5 Å². The Hall–Kier alpha value is -2.34. The van der Waals surface area contributed by atoms with Crippen molar-refractivity contribution in [3.05, 3.63) is 47.9 Å². The minimum absolute atomic E-state index is 0.727. The van der Waals surface area contributed by atoms with Crippen LogP contribution in [-0.2, 0) is 6.54 Å². The number of nitrogens with one attached hydrogen (secondary N) is 2. The molecule has 6 heteroatoms. The van der Waals surface area contributed by atoms with Crippen molar-refractivity contribution in [2.24, 2.45) is 0 Å². The van der Waals surface area contributed by atoms with Crippen LogP contribution in [0.25, 0.3) is 15.9 Å². The summed E-state index contributed by atoms with van der Waals surface area (Å²) in [7, 11) is 0. The second-order valence-electron chi connectivity index (χ2n) is 4.75. The number of aryl methyl sites for hydroxylation is 1. The SMILES string of the molecule is Cc1cn2nc(NCc3cc4ccccc4[nH]3)sc2n1. The van der Waals surface area contributed by atoms with Gasteiger partial charge in [0.05, 0.1) is 18.4 Å². The van der Waals surface area contributed by atoms with Gasteiger partial charge in [-0.1, -0.05) is 29.5 Å². The topological polar surface area (TPSA) is 58.0 Å². The Morgan fingerprint density at radius 2 is 2.25 bits per heavy atom. The summed E-state index contributed by atoms with van der Waals surface area (Å²) in [4.78, 5) is 8.71. The summed E-state index contributed by atoms with van der Waals surface area (Å²) in [6.45, 7) is 2.70. The third-order valence-corrected chi connectivity index (χ3v) is 4.06. The number of rotatable bonds is 3. The highest BCUT2D eigenvalue weighted by molar-refractivity contribution is 7.20. The number of fused-ring (bicyclic) bond motifs is 2. The first-order valence-corrected chi connectivity index (χ1v) is 7.23. The van der Waals surface area contributed by atoms with E-state index in [1.165, 1.54) is 5.39 Å². The first kappa shape index (κ1) is 11.5. The predicted octanol–water partition coefficient (Wildman–Crippen LogP) is 3.19. The van der Waals surface area contributed by atoms with E-state index in [0.29, 0.717) is 0 Å². The molecule has 1 aromatic carbocycles. The van der Waals surface area contributed by atoms with Gasteiger partial charge >= 0.3 is 0 Å². The van der Waals surface area contributed by atoms with E-state index in [-0.39, 0.29) is 0 Å². The number of imidazole rings is 1. The molecule has 0 radical (unpaired) electrons. The maximum atomic E-state index is 4.45. The summed E-state index contributed by atoms with van der Waals surface area (Å²) < 4.78 is 1.81. The van der Waals surface area contributed by atoms with E-state index < -0.39 is 0 Å². The standard InChI is InChI=1S/C14H13N5S/c1-9-8-19-14(16-9)20-13(18-19)15-7-11-6-10-4-2-3-5-12(10)17-11/h2-6,8,17H,7H2,1H3,(H,15,18). The smallest absolute Gasteiger partial charge is 0.214 e. The van der Waals surface area contributed by atoms with Crippen LogP contribution < -0.4 is 5.32 Å². The summed E-state index contributed by atoms with van der Waals surface area (Å²) >= 11 is 1.56. The molecule has 0 saturated carbocycles. The summed E-state index contributed by atoms with van der Waals surface area (Å²) in [5.74, 6) is 0. The summed E-state index contributed by atoms with van der Waals surface area (Å²) in [6.07, 6.45) is 1.93. The van der Waals surface area contributed by atoms with E-state index in [0.717, 1.165) is 33.5 Å². The van der Waals surface area contributed by atoms with E-state index in [9.17, 15) is 0 Å². The zero-order valence-corrected chi connectivity index (χ0v) is 11.7. The van der Waals surface area contributed by atoms with Crippen LogP contribution in [0.2, 0.25) is 0 Å². The van der Waals surface area contributed by atoms with Gasteiger partial charge in [-0.05, 0) is 24.4 Å². The Morgan fingerprint density at radius 3 is 3.10 bits per heavy atom. The molecule has 100 valence electrons. The van der Waals surface area contributed by atoms with E-state index >= 15 is 0 Å². The highest BCUT2D eigenvalue weighted by Crippen LogP contribution is 2.20. The van der Waals surface area contributed by atoms with Crippen LogP contribution in [-0.4, -0.2) is 19.6 Å². The van der Waals surface area contributed by atoms with Crippen molar-refractivity contribution < 1.29 is 0 Å². The molecule has 4 aromatic rings. The lowest BCUT2D eigenvalue weighted by Crippen LogP contribution is -1.99. The molecule has 0 aliphatic heterocycles. The third kappa shape index (κ3) is 1.94. The van der Waals surface area contributed by atoms with Crippen molar-refractivity contribution >= 4 is 32.3 Å². The molecule has 2 N–H and O–H groups in total. The van der Waals surface area contributed by atoms with Crippen molar-refractivity contribution in [1.29, 1.82) is 0 Å². The Kier molecular flexibility index (Phi) is 2.50. The molecule has 0 bridgehead atoms. The first-order chi connectivity index (χ1) is 9.78. The van der Waals surface area contributed by atoms with Crippen LogP contribution in [0.3, 0.4) is 0 Å². The lowest BCUT2D eigenvalue weighted by atomic mass is 10.2. The fourth-order valence-electron chi connectivity index (χ4n) is 2.28. The Morgan fingerprint density at radius 1 is 1.35 bits per heavy atom. The van der Waals surface area contributed by atoms with Crippen molar-refractivity contribution in [3.8, 4) is 0 Å². The van der Waals surface area contributed by atoms with E-state index in [1.54, 1.807) is 11.3 Å². The van der Waals surface area contributed by atoms with E-state index in [1.807, 2.05) is 29.8 Å². The lowest BCUT2D eigenvalue weighted by molar-refractivity contribution is 0.955. The maximum Gasteiger partial charge on any atom is 0.214 e. The van der Waals surface area contributed by atoms with Crippen LogP contribution in [0.5, 0.6) is 0 Å². The zero-order chi connectivity index (χ0) is 13.5. The minimum atomic E-state index is 0.727. The van der Waals surface area contributed by atoms with Gasteiger partial charge in [-0.3, -0.25) is 0 Å². The second-order valence-corrected chi connectivity index (χ2v) is 5.71. The number of nitrogens with zero attached hydrogens (tertiary/aromatic N) is 3. The lowest BCUT2D eigenvalue weighted by Gasteiger charge is -1.98. The maximum absolute atomic E-state index is 4.45. The number of benzene rings is 1. The molecule has 0 amide bonds. The Bertz CT molecular complexity index is 821. The van der Waals surface area contributed by atoms with Crippen LogP contribution >= 0.6 is 11.3 Å². The number of aromatic nitrogens is 4. The van der Waals surface area contributed by atoms with Gasteiger partial charge in [0.2, 0.25) is 10.1 Å². The Labute approximate surface area is 119 Å². The summed E-state index contributed by atoms with van der Waals surface area (Å²) in [5.41, 5.74) is 3.30. The highest BCUT2D eigenvalue weighted by Gasteiger charge is 2.06. The quantitative estimate of drug-likeness (QED) is 0.607. The number of hydrogen-bond acceptors (Lipinski definition) is 4. The predicted molar refractivity (Wildman–Crippen MR) is 81.2 cm³/mol. The Balaban J connectivity index is 1.55. The molecule has 4 rings (SSSR count). The van der Waals surface area contributed by atoms with Gasteiger partial charge < -0.3 is 10.3 Å². The molecular formula is C14H13N5S. The van der Waals surface area contributed by atoms with Crippen molar-refractivity contribution in [3.63, 3.8) is 0 Å². The van der Waals surface area contributed by atoms with Crippen LogP contribution in [0, 0.1) is 6.92 Å². The highest BCUT2D eigenvalue weighted by atomic mass is 32.1. The van der Waals surface area contributed by atoms with Gasteiger partial charge in [0, 0.05) is 11.2 Å². The molecule has 3 aromatic heterocycles. The molecule has 3 heterocycles. The largest absolute Gasteiger partial charge is 0.357 e. The fourth-order valence-corrected chi connectivity index (χ4v) is 3.10. The van der Waals surface area contributed by atoms with Crippen LogP contribution in [0.15, 0.2) is 36.5 Å². The van der Waals surface area contributed by atoms with Gasteiger partial charge in [-0.2, -0.15) is 0 Å². The minimum Gasteiger partial charge on any atom is -0.357 e. The molecule has 5 nitrogen and oxygen atoms in total. The number of para-hydroxylation sites is 1. The molecule has 0 atom stereocenters. The van der Waals surface area contributed by atoms with Crippen LogP contribution in [0.1, 0.15) is 11.4 Å². The molecule has 20 heavy (non-hydrogen) atoms. The third-order valence-electron chi connectivity index (χ3n) is 3.18. The second kappa shape index (κ2) is 4.35. The number of hydrogen-bond donors (Lipinski definition) is 2. The molecule has 0 spiro atoms. The van der Waals surface area contributed by atoms with E-state index in [2.05, 4.69) is 38.6 Å². The normalized spacial score (nSPS) is 11.4. The first-order valence-electron chi connectivity index (χ1n) is 6.41. The number of aromatic amines is 1. The van der Waals surface area contributed by atoms with Gasteiger partial charge in [0.1, 0.15) is 0 Å². The van der Waals surface area contributed by atoms with Gasteiger partial charge in [-0.15, -0.1) is 5.10 Å². The average molecular weight is 283 g/mol. The summed E-state index contributed by atoms with van der Waals surface area (Å²) in [5, 5.41) is 9.89. The van der Waals surface area contributed by atoms with Gasteiger partial charge in [0.25, 0.3) is 0 Å². The fraction of sp³-hybridized carbons (Fsp3) is 0.143. The number of anilines is 1. The number of H-pyrrole nitrogens is 1. The summed E-state index contributed by atoms with van der Waals surface area (Å²) in [6, 6.07) is 10.4. The molecule has 0 aliphatic carbocycles. The molecular weight excluding hydrogens is 270 g/mol. The van der Waals surface area contributed by atoms with Crippen LogP contribution in [0.4, 0.5) is 5.13 Å². The molecule has 0 saturated heterocycles. The monoisotopic (exact) mass is 283 g/mol.